The molecule has 128 valence electrons. The molecular formula is C21H18N3O2+. The average molecular weight is 344 g/mol. The number of para-hydroxylation sites is 1. The molecule has 3 aromatic carbocycles. The minimum absolute atomic E-state index is 0.103. The molecule has 0 spiro atoms. The number of fused-ring (bicyclic) bond motifs is 3. The molecule has 26 heavy (non-hydrogen) atoms. The molecule has 0 aliphatic rings. The molecule has 1 heterocycles. The van der Waals surface area contributed by atoms with Gasteiger partial charge in [-0.05, 0) is 23.8 Å². The first-order valence-corrected chi connectivity index (χ1v) is 8.37. The molecule has 0 bridgehead atoms. The molecule has 2 N–H and O–H groups in total. The van der Waals surface area contributed by atoms with E-state index >= 15 is 0 Å². The van der Waals surface area contributed by atoms with Crippen molar-refractivity contribution in [1.82, 2.24) is 0 Å². The van der Waals surface area contributed by atoms with Gasteiger partial charge in [0.2, 0.25) is 5.52 Å². The highest BCUT2D eigenvalue weighted by Gasteiger charge is 2.19. The lowest BCUT2D eigenvalue weighted by molar-refractivity contribution is -0.651. The lowest BCUT2D eigenvalue weighted by Gasteiger charge is -2.10. The summed E-state index contributed by atoms with van der Waals surface area (Å²) in [5.74, 6) is 0. The van der Waals surface area contributed by atoms with Gasteiger partial charge in [-0.15, -0.1) is 0 Å². The quantitative estimate of drug-likeness (QED) is 0.201. The summed E-state index contributed by atoms with van der Waals surface area (Å²) in [6.07, 6.45) is 0.666. The lowest BCUT2D eigenvalue weighted by atomic mass is 9.98. The Labute approximate surface area is 150 Å². The summed E-state index contributed by atoms with van der Waals surface area (Å²) in [6, 6.07) is 21.0. The van der Waals surface area contributed by atoms with E-state index in [9.17, 15) is 10.1 Å². The Morgan fingerprint density at radius 3 is 2.42 bits per heavy atom. The van der Waals surface area contributed by atoms with Crippen molar-refractivity contribution < 1.29 is 9.49 Å². The van der Waals surface area contributed by atoms with Crippen molar-refractivity contribution >= 4 is 33.1 Å². The van der Waals surface area contributed by atoms with E-state index in [4.69, 9.17) is 5.73 Å². The van der Waals surface area contributed by atoms with Crippen molar-refractivity contribution in [3.63, 3.8) is 0 Å². The van der Waals surface area contributed by atoms with E-state index in [1.807, 2.05) is 43.4 Å². The van der Waals surface area contributed by atoms with Gasteiger partial charge in [-0.1, -0.05) is 30.3 Å². The zero-order valence-corrected chi connectivity index (χ0v) is 14.3. The number of nitro benzene ring substituents is 1. The van der Waals surface area contributed by atoms with Crippen LogP contribution in [0.5, 0.6) is 0 Å². The molecule has 0 saturated heterocycles. The van der Waals surface area contributed by atoms with E-state index in [1.54, 1.807) is 12.1 Å². The molecule has 0 amide bonds. The molecule has 0 saturated carbocycles. The number of non-ortho nitro benzene ring substituents is 1. The average Bonchev–Trinajstić information content (AvgIpc) is 2.65. The third kappa shape index (κ3) is 2.63. The van der Waals surface area contributed by atoms with Crippen molar-refractivity contribution in [3.8, 4) is 0 Å². The number of pyridine rings is 1. The number of hydrogen-bond donors (Lipinski definition) is 1. The second-order valence-corrected chi connectivity index (χ2v) is 6.43. The molecule has 0 aliphatic heterocycles. The molecule has 4 aromatic rings. The SMILES string of the molecule is C[n+]1c(Cc2ccc([N+](=O)[O-])cc2)c2cc(N)ccc2c2ccccc21. The summed E-state index contributed by atoms with van der Waals surface area (Å²) < 4.78 is 2.18. The van der Waals surface area contributed by atoms with Gasteiger partial charge in [0.15, 0.2) is 5.69 Å². The zero-order valence-electron chi connectivity index (χ0n) is 14.3. The summed E-state index contributed by atoms with van der Waals surface area (Å²) in [6.45, 7) is 0. The highest BCUT2D eigenvalue weighted by Crippen LogP contribution is 2.28. The van der Waals surface area contributed by atoms with E-state index in [0.29, 0.717) is 6.42 Å². The Hall–Kier alpha value is -3.47. The van der Waals surface area contributed by atoms with Crippen LogP contribution in [0.15, 0.2) is 66.7 Å². The fourth-order valence-electron chi connectivity index (χ4n) is 3.50. The molecule has 5 heteroatoms. The molecule has 0 aliphatic carbocycles. The van der Waals surface area contributed by atoms with Gasteiger partial charge in [0.1, 0.15) is 7.05 Å². The largest absolute Gasteiger partial charge is 0.399 e. The molecular weight excluding hydrogens is 326 g/mol. The number of aromatic nitrogens is 1. The topological polar surface area (TPSA) is 73.0 Å². The summed E-state index contributed by atoms with van der Waals surface area (Å²) in [7, 11) is 2.05. The van der Waals surface area contributed by atoms with Crippen molar-refractivity contribution in [2.45, 2.75) is 6.42 Å². The predicted octanol–water partition coefficient (Wildman–Crippen LogP) is 3.90. The summed E-state index contributed by atoms with van der Waals surface area (Å²) in [5.41, 5.74) is 10.2. The van der Waals surface area contributed by atoms with Crippen molar-refractivity contribution in [2.24, 2.45) is 7.05 Å². The van der Waals surface area contributed by atoms with Gasteiger partial charge in [-0.2, -0.15) is 4.57 Å². The highest BCUT2D eigenvalue weighted by molar-refractivity contribution is 6.05. The Kier molecular flexibility index (Phi) is 3.77. The van der Waals surface area contributed by atoms with Gasteiger partial charge in [0, 0.05) is 29.3 Å². The van der Waals surface area contributed by atoms with Crippen LogP contribution in [0.1, 0.15) is 11.3 Å². The standard InChI is InChI=1S/C21H18N3O2/c1-23-20-5-3-2-4-18(20)17-11-8-15(22)13-19(17)21(23)12-14-6-9-16(10-7-14)24(25)26/h2-11,13H,12,22H2,1H3/q+1. The first kappa shape index (κ1) is 16.0. The minimum Gasteiger partial charge on any atom is -0.399 e. The fourth-order valence-corrected chi connectivity index (χ4v) is 3.50. The number of nitrogens with zero attached hydrogens (tertiary/aromatic N) is 2. The molecule has 0 fully saturated rings. The first-order chi connectivity index (χ1) is 12.5. The summed E-state index contributed by atoms with van der Waals surface area (Å²) >= 11 is 0. The van der Waals surface area contributed by atoms with E-state index in [1.165, 1.54) is 5.39 Å². The molecule has 0 unspecified atom stereocenters. The third-order valence-corrected chi connectivity index (χ3v) is 4.83. The maximum Gasteiger partial charge on any atom is 0.269 e. The van der Waals surface area contributed by atoms with Gasteiger partial charge in [-0.3, -0.25) is 10.1 Å². The molecule has 1 aromatic heterocycles. The van der Waals surface area contributed by atoms with Crippen LogP contribution in [0.3, 0.4) is 0 Å². The van der Waals surface area contributed by atoms with Crippen LogP contribution in [0.2, 0.25) is 0 Å². The molecule has 0 atom stereocenters. The van der Waals surface area contributed by atoms with E-state index in [2.05, 4.69) is 22.8 Å². The smallest absolute Gasteiger partial charge is 0.269 e. The molecule has 4 rings (SSSR count). The second-order valence-electron chi connectivity index (χ2n) is 6.43. The maximum absolute atomic E-state index is 10.9. The van der Waals surface area contributed by atoms with Crippen LogP contribution in [0.25, 0.3) is 21.7 Å². The van der Waals surface area contributed by atoms with Gasteiger partial charge in [0.05, 0.1) is 22.1 Å². The van der Waals surface area contributed by atoms with Gasteiger partial charge in [-0.25, -0.2) is 0 Å². The van der Waals surface area contributed by atoms with Crippen molar-refractivity contribution in [2.75, 3.05) is 5.73 Å². The predicted molar refractivity (Wildman–Crippen MR) is 103 cm³/mol. The fraction of sp³-hybridized carbons (Fsp3) is 0.0952. The summed E-state index contributed by atoms with van der Waals surface area (Å²) in [4.78, 5) is 10.5. The molecule has 0 radical (unpaired) electrons. The second kappa shape index (κ2) is 6.11. The maximum atomic E-state index is 10.9. The normalized spacial score (nSPS) is 11.1. The number of benzene rings is 3. The monoisotopic (exact) mass is 344 g/mol. The third-order valence-electron chi connectivity index (χ3n) is 4.83. The van der Waals surface area contributed by atoms with E-state index in [-0.39, 0.29) is 10.6 Å². The van der Waals surface area contributed by atoms with Crippen LogP contribution in [0, 0.1) is 10.1 Å². The highest BCUT2D eigenvalue weighted by atomic mass is 16.6. The lowest BCUT2D eigenvalue weighted by Crippen LogP contribution is -2.35. The number of aryl methyl sites for hydroxylation is 1. The number of rotatable bonds is 3. The Morgan fingerprint density at radius 2 is 1.69 bits per heavy atom. The van der Waals surface area contributed by atoms with Crippen LogP contribution in [-0.2, 0) is 13.5 Å². The first-order valence-electron chi connectivity index (χ1n) is 8.37. The van der Waals surface area contributed by atoms with Gasteiger partial charge >= 0.3 is 0 Å². The Balaban J connectivity index is 1.93. The number of nitrogens with two attached hydrogens (primary N) is 1. The molecule has 5 nitrogen and oxygen atoms in total. The number of anilines is 1. The van der Waals surface area contributed by atoms with Crippen LogP contribution >= 0.6 is 0 Å². The number of nitro groups is 1. The van der Waals surface area contributed by atoms with Crippen LogP contribution in [0.4, 0.5) is 11.4 Å². The van der Waals surface area contributed by atoms with Crippen LogP contribution < -0.4 is 10.3 Å². The van der Waals surface area contributed by atoms with Crippen molar-refractivity contribution in [1.29, 1.82) is 0 Å². The zero-order chi connectivity index (χ0) is 18.3. The van der Waals surface area contributed by atoms with E-state index in [0.717, 1.165) is 33.2 Å². The van der Waals surface area contributed by atoms with Crippen molar-refractivity contribution in [3.05, 3.63) is 88.1 Å². The van der Waals surface area contributed by atoms with Gasteiger partial charge < -0.3 is 5.73 Å². The number of nitrogen functional groups attached to an aromatic ring is 1. The Bertz CT molecular complexity index is 1150. The van der Waals surface area contributed by atoms with E-state index < -0.39 is 0 Å². The van der Waals surface area contributed by atoms with Crippen LogP contribution in [-0.4, -0.2) is 4.92 Å². The minimum atomic E-state index is -0.379. The van der Waals surface area contributed by atoms with Gasteiger partial charge in [0.25, 0.3) is 5.69 Å². The Morgan fingerprint density at radius 1 is 0.962 bits per heavy atom. The summed E-state index contributed by atoms with van der Waals surface area (Å²) in [5, 5.41) is 14.3. The number of hydrogen-bond acceptors (Lipinski definition) is 3.